The first-order valence-corrected chi connectivity index (χ1v) is 8.24. The van der Waals surface area contributed by atoms with Crippen LogP contribution in [0.4, 0.5) is 0 Å². The van der Waals surface area contributed by atoms with Gasteiger partial charge in [-0.1, -0.05) is 42.3 Å². The van der Waals surface area contributed by atoms with Crippen molar-refractivity contribution < 1.29 is 13.5 Å². The van der Waals surface area contributed by atoms with Crippen molar-refractivity contribution >= 4 is 55.6 Å². The Labute approximate surface area is 124 Å². The van der Waals surface area contributed by atoms with Crippen molar-refractivity contribution in [3.05, 3.63) is 34.9 Å². The molecular weight excluding hydrogens is 398 g/mol. The van der Waals surface area contributed by atoms with Crippen LogP contribution in [0.1, 0.15) is 18.6 Å². The predicted molar refractivity (Wildman–Crippen MR) is 78.5 cm³/mol. The van der Waals surface area contributed by atoms with Crippen LogP contribution in [-0.2, 0) is 9.84 Å². The third-order valence-electron chi connectivity index (χ3n) is 2.30. The summed E-state index contributed by atoms with van der Waals surface area (Å²) in [5, 5.41) is 10.6. The predicted octanol–water partition coefficient (Wildman–Crippen LogP) is 3.14. The van der Waals surface area contributed by atoms with E-state index in [-0.39, 0.29) is 5.75 Å². The minimum Gasteiger partial charge on any atom is -0.385 e. The minimum absolute atomic E-state index is 0.135. The van der Waals surface area contributed by atoms with E-state index in [1.165, 1.54) is 6.92 Å². The van der Waals surface area contributed by atoms with Crippen molar-refractivity contribution in [3.63, 3.8) is 0 Å². The summed E-state index contributed by atoms with van der Waals surface area (Å²) in [7, 11) is -3.59. The van der Waals surface area contributed by atoms with Crippen molar-refractivity contribution in [1.82, 2.24) is 0 Å². The second-order valence-corrected chi connectivity index (χ2v) is 10.2. The lowest BCUT2D eigenvalue weighted by atomic mass is 10.1. The average molecular weight is 409 g/mol. The third kappa shape index (κ3) is 3.26. The summed E-state index contributed by atoms with van der Waals surface area (Å²) < 4.78 is 21.8. The average Bonchev–Trinajstić information content (AvgIpc) is 2.28. The van der Waals surface area contributed by atoms with E-state index in [0.717, 1.165) is 0 Å². The Balaban J connectivity index is 3.12. The number of aliphatic hydroxyl groups excluding tert-OH is 1. The number of sulfone groups is 1. The number of rotatable bonds is 4. The molecule has 0 heterocycles. The standard InChI is InChI=1S/C10H11Cl2IO3S/c1-2-17(15,16)10(12,13)9(14)7-3-5-8(11)6-4-7/h3-6,9,14H,2H2,1H3/t9-,10+/m0/s1. The van der Waals surface area contributed by atoms with Crippen LogP contribution < -0.4 is 0 Å². The van der Waals surface area contributed by atoms with Crippen LogP contribution in [0.25, 0.3) is 0 Å². The van der Waals surface area contributed by atoms with E-state index < -0.39 is 18.2 Å². The van der Waals surface area contributed by atoms with Crippen molar-refractivity contribution in [3.8, 4) is 0 Å². The van der Waals surface area contributed by atoms with E-state index in [0.29, 0.717) is 10.6 Å². The van der Waals surface area contributed by atoms with Crippen LogP contribution in [0.3, 0.4) is 0 Å². The van der Waals surface area contributed by atoms with Gasteiger partial charge in [0, 0.05) is 5.02 Å². The van der Waals surface area contributed by atoms with E-state index >= 15 is 0 Å². The molecule has 0 bridgehead atoms. The molecule has 0 radical (unpaired) electrons. The summed E-state index contributed by atoms with van der Waals surface area (Å²) in [6, 6.07) is 6.24. The first-order valence-electron chi connectivity index (χ1n) is 4.76. The molecule has 0 spiro atoms. The van der Waals surface area contributed by atoms with Gasteiger partial charge in [-0.25, -0.2) is 8.42 Å². The van der Waals surface area contributed by atoms with E-state index in [1.54, 1.807) is 46.9 Å². The van der Waals surface area contributed by atoms with Gasteiger partial charge in [0.15, 0.2) is 9.84 Å². The maximum Gasteiger partial charge on any atom is 0.225 e. The Kier molecular flexibility index (Phi) is 5.11. The summed E-state index contributed by atoms with van der Waals surface area (Å²) >= 11 is 13.2. The first-order chi connectivity index (χ1) is 7.72. The lowest BCUT2D eigenvalue weighted by Crippen LogP contribution is -2.34. The lowest BCUT2D eigenvalue weighted by molar-refractivity contribution is 0.187. The Bertz CT molecular complexity index is 485. The summed E-state index contributed by atoms with van der Waals surface area (Å²) in [5.74, 6) is -0.135. The Morgan fingerprint density at radius 2 is 1.88 bits per heavy atom. The van der Waals surface area contributed by atoms with Crippen LogP contribution in [-0.4, -0.2) is 21.5 Å². The Hall–Kier alpha value is 0.440. The molecule has 0 aliphatic heterocycles. The Morgan fingerprint density at radius 1 is 1.41 bits per heavy atom. The molecule has 1 aromatic rings. The molecule has 0 saturated heterocycles. The molecule has 0 aliphatic rings. The molecule has 0 fully saturated rings. The van der Waals surface area contributed by atoms with Crippen molar-refractivity contribution in [1.29, 1.82) is 0 Å². The molecule has 7 heteroatoms. The number of halogens is 3. The highest BCUT2D eigenvalue weighted by Gasteiger charge is 2.45. The molecule has 17 heavy (non-hydrogen) atoms. The second-order valence-electron chi connectivity index (χ2n) is 3.42. The number of alkyl halides is 2. The molecule has 96 valence electrons. The van der Waals surface area contributed by atoms with E-state index in [4.69, 9.17) is 23.2 Å². The highest BCUT2D eigenvalue weighted by Crippen LogP contribution is 2.43. The fourth-order valence-electron chi connectivity index (χ4n) is 1.20. The smallest absolute Gasteiger partial charge is 0.225 e. The van der Waals surface area contributed by atoms with Gasteiger partial charge in [-0.3, -0.25) is 0 Å². The molecule has 1 rings (SSSR count). The topological polar surface area (TPSA) is 54.4 Å². The summed E-state index contributed by atoms with van der Waals surface area (Å²) in [4.78, 5) is 0. The zero-order chi connectivity index (χ0) is 13.3. The monoisotopic (exact) mass is 408 g/mol. The number of hydrogen-bond acceptors (Lipinski definition) is 3. The second kappa shape index (κ2) is 5.61. The maximum atomic E-state index is 11.8. The normalized spacial score (nSPS) is 17.5. The third-order valence-corrected chi connectivity index (χ3v) is 7.88. The van der Waals surface area contributed by atoms with Crippen LogP contribution in [0.15, 0.2) is 24.3 Å². The quantitative estimate of drug-likeness (QED) is 0.615. The Morgan fingerprint density at radius 3 is 2.29 bits per heavy atom. The van der Waals surface area contributed by atoms with Gasteiger partial charge in [-0.05, 0) is 40.3 Å². The fraction of sp³-hybridized carbons (Fsp3) is 0.400. The summed E-state index contributed by atoms with van der Waals surface area (Å²) in [6.07, 6.45) is -1.31. The van der Waals surface area contributed by atoms with Crippen LogP contribution in [0.2, 0.25) is 5.02 Å². The lowest BCUT2D eigenvalue weighted by Gasteiger charge is -2.25. The fourth-order valence-corrected chi connectivity index (χ4v) is 3.94. The van der Waals surface area contributed by atoms with Crippen LogP contribution in [0.5, 0.6) is 0 Å². The van der Waals surface area contributed by atoms with Crippen molar-refractivity contribution in [2.24, 2.45) is 0 Å². The molecule has 1 aromatic carbocycles. The minimum atomic E-state index is -3.59. The largest absolute Gasteiger partial charge is 0.385 e. The molecular formula is C10H11Cl2IO3S. The number of aliphatic hydroxyl groups is 1. The molecule has 0 amide bonds. The van der Waals surface area contributed by atoms with E-state index in [1.807, 2.05) is 0 Å². The molecule has 0 unspecified atom stereocenters. The van der Waals surface area contributed by atoms with Gasteiger partial charge >= 0.3 is 0 Å². The van der Waals surface area contributed by atoms with Crippen molar-refractivity contribution in [2.75, 3.05) is 5.75 Å². The number of hydrogen-bond donors (Lipinski definition) is 1. The van der Waals surface area contributed by atoms with Crippen LogP contribution >= 0.6 is 45.8 Å². The van der Waals surface area contributed by atoms with Gasteiger partial charge in [0.1, 0.15) is 6.10 Å². The van der Waals surface area contributed by atoms with Crippen LogP contribution in [0, 0.1) is 0 Å². The highest BCUT2D eigenvalue weighted by molar-refractivity contribution is 14.1. The summed E-state index contributed by atoms with van der Waals surface area (Å²) in [5.41, 5.74) is 0.413. The van der Waals surface area contributed by atoms with Gasteiger partial charge in [-0.2, -0.15) is 0 Å². The van der Waals surface area contributed by atoms with Gasteiger partial charge in [0.2, 0.25) is 2.21 Å². The first kappa shape index (κ1) is 15.5. The maximum absolute atomic E-state index is 11.8. The summed E-state index contributed by atoms with van der Waals surface area (Å²) in [6.45, 7) is 1.49. The van der Waals surface area contributed by atoms with Crippen molar-refractivity contribution in [2.45, 2.75) is 15.2 Å². The molecule has 3 nitrogen and oxygen atoms in total. The molecule has 0 aliphatic carbocycles. The van der Waals surface area contributed by atoms with Gasteiger partial charge in [-0.15, -0.1) is 0 Å². The molecule has 2 atom stereocenters. The molecule has 0 saturated carbocycles. The van der Waals surface area contributed by atoms with Gasteiger partial charge < -0.3 is 5.11 Å². The molecule has 0 aromatic heterocycles. The zero-order valence-corrected chi connectivity index (χ0v) is 13.4. The SMILES string of the molecule is CCS(=O)(=O)[C@](Cl)(I)[C@@H](O)c1ccc(Cl)cc1. The van der Waals surface area contributed by atoms with Gasteiger partial charge in [0.25, 0.3) is 0 Å². The van der Waals surface area contributed by atoms with E-state index in [9.17, 15) is 13.5 Å². The molecule has 1 N–H and O–H groups in total. The number of benzene rings is 1. The highest BCUT2D eigenvalue weighted by atomic mass is 127. The van der Waals surface area contributed by atoms with Gasteiger partial charge in [0.05, 0.1) is 5.75 Å². The zero-order valence-electron chi connectivity index (χ0n) is 8.90. The van der Waals surface area contributed by atoms with E-state index in [2.05, 4.69) is 0 Å².